The summed E-state index contributed by atoms with van der Waals surface area (Å²) in [5.74, 6) is -3.45. The van der Waals surface area contributed by atoms with Crippen LogP contribution in [0.4, 0.5) is 8.78 Å². The minimum atomic E-state index is -3.33. The monoisotopic (exact) mass is 357 g/mol. The van der Waals surface area contributed by atoms with Gasteiger partial charge in [-0.05, 0) is 30.0 Å². The first kappa shape index (κ1) is 15.8. The van der Waals surface area contributed by atoms with Crippen LogP contribution >= 0.6 is 11.3 Å². The Labute approximate surface area is 133 Å². The molecule has 2 heterocycles. The molecule has 0 spiro atoms. The van der Waals surface area contributed by atoms with E-state index in [0.717, 1.165) is 29.5 Å². The summed E-state index contributed by atoms with van der Waals surface area (Å²) >= 11 is 1.05. The smallest absolute Gasteiger partial charge is 0.312 e. The first-order valence-corrected chi connectivity index (χ1v) is 8.96. The Balaban J connectivity index is 1.96. The lowest BCUT2D eigenvalue weighted by atomic mass is 10.2. The molecule has 0 N–H and O–H groups in total. The number of rotatable bonds is 2. The fraction of sp³-hybridized carbons (Fsp3) is 0.143. The highest BCUT2D eigenvalue weighted by Crippen LogP contribution is 2.26. The van der Waals surface area contributed by atoms with Crippen molar-refractivity contribution in [2.75, 3.05) is 5.75 Å². The Hall–Kier alpha value is -2.13. The average molecular weight is 357 g/mol. The maximum absolute atomic E-state index is 13.5. The summed E-state index contributed by atoms with van der Waals surface area (Å²) in [6.45, 7) is 0. The van der Waals surface area contributed by atoms with Crippen LogP contribution in [0.15, 0.2) is 39.0 Å². The zero-order valence-electron chi connectivity index (χ0n) is 11.5. The van der Waals surface area contributed by atoms with Gasteiger partial charge in [0.1, 0.15) is 26.8 Å². The Bertz CT molecular complexity index is 947. The van der Waals surface area contributed by atoms with E-state index in [0.29, 0.717) is 5.56 Å². The standard InChI is InChI=1S/C14H9F2NO4S2/c15-9-2-1-3-10(16)12(9)13(18)21-17-11-4-6-22-14-8(11)5-7-23(14,19)20/h1-4,6H,5,7H2/b17-11+. The number of sulfone groups is 1. The zero-order valence-corrected chi connectivity index (χ0v) is 13.1. The molecular weight excluding hydrogens is 348 g/mol. The normalized spacial score (nSPS) is 16.2. The summed E-state index contributed by atoms with van der Waals surface area (Å²) < 4.78 is 50.8. The van der Waals surface area contributed by atoms with Gasteiger partial charge in [-0.15, -0.1) is 11.3 Å². The molecule has 0 amide bonds. The minimum Gasteiger partial charge on any atom is -0.312 e. The largest absolute Gasteiger partial charge is 0.371 e. The van der Waals surface area contributed by atoms with E-state index in [1.54, 1.807) is 0 Å². The molecule has 0 fully saturated rings. The molecule has 1 aromatic carbocycles. The number of hydrogen-bond donors (Lipinski definition) is 0. The van der Waals surface area contributed by atoms with Crippen molar-refractivity contribution in [3.8, 4) is 0 Å². The molecule has 0 bridgehead atoms. The predicted octanol–water partition coefficient (Wildman–Crippen LogP) is 2.03. The number of halogens is 2. The van der Waals surface area contributed by atoms with Crippen LogP contribution in [0.25, 0.3) is 0 Å². The number of nitrogens with zero attached hydrogens (tertiary/aromatic N) is 1. The van der Waals surface area contributed by atoms with Crippen LogP contribution in [0.2, 0.25) is 0 Å². The first-order valence-electron chi connectivity index (χ1n) is 6.43. The number of benzene rings is 1. The third-order valence-corrected chi connectivity index (χ3v) is 6.59. The van der Waals surface area contributed by atoms with Gasteiger partial charge in [0, 0.05) is 5.56 Å². The second-order valence-corrected chi connectivity index (χ2v) is 7.93. The molecule has 1 aromatic heterocycles. The van der Waals surface area contributed by atoms with Crippen molar-refractivity contribution < 1.29 is 26.8 Å². The lowest BCUT2D eigenvalue weighted by molar-refractivity contribution is 0.0486. The van der Waals surface area contributed by atoms with Crippen molar-refractivity contribution in [1.29, 1.82) is 0 Å². The summed E-state index contributed by atoms with van der Waals surface area (Å²) in [5, 5.41) is 5.22. The lowest BCUT2D eigenvalue weighted by Gasteiger charge is -2.02. The second kappa shape index (κ2) is 5.82. The van der Waals surface area contributed by atoms with E-state index in [1.807, 2.05) is 0 Å². The summed E-state index contributed by atoms with van der Waals surface area (Å²) in [7, 11) is -3.33. The molecule has 0 atom stereocenters. The van der Waals surface area contributed by atoms with E-state index in [2.05, 4.69) is 9.99 Å². The molecule has 1 aliphatic rings. The molecular formula is C14H9F2NO4S2. The Kier molecular flexibility index (Phi) is 3.99. The number of fused-ring (bicyclic) bond motifs is 1. The van der Waals surface area contributed by atoms with Gasteiger partial charge >= 0.3 is 5.97 Å². The first-order chi connectivity index (χ1) is 10.9. The van der Waals surface area contributed by atoms with E-state index in [4.69, 9.17) is 0 Å². The van der Waals surface area contributed by atoms with Crippen LogP contribution < -0.4 is 5.36 Å². The Morgan fingerprint density at radius 1 is 1.22 bits per heavy atom. The van der Waals surface area contributed by atoms with Crippen molar-refractivity contribution in [1.82, 2.24) is 0 Å². The second-order valence-electron chi connectivity index (χ2n) is 4.71. The number of carbonyl (C=O) groups is 1. The molecule has 0 aliphatic carbocycles. The summed E-state index contributed by atoms with van der Waals surface area (Å²) in [6, 6.07) is 4.45. The average Bonchev–Trinajstić information content (AvgIpc) is 2.81. The predicted molar refractivity (Wildman–Crippen MR) is 77.4 cm³/mol. The topological polar surface area (TPSA) is 72.8 Å². The maximum Gasteiger partial charge on any atom is 0.371 e. The summed E-state index contributed by atoms with van der Waals surface area (Å²) in [4.78, 5) is 16.4. The van der Waals surface area contributed by atoms with Crippen molar-refractivity contribution in [3.63, 3.8) is 0 Å². The molecule has 23 heavy (non-hydrogen) atoms. The van der Waals surface area contributed by atoms with Crippen molar-refractivity contribution in [3.05, 3.63) is 57.8 Å². The Morgan fingerprint density at radius 2 is 1.91 bits per heavy atom. The van der Waals surface area contributed by atoms with Gasteiger partial charge in [-0.2, -0.15) is 0 Å². The van der Waals surface area contributed by atoms with E-state index in [9.17, 15) is 22.0 Å². The molecule has 5 nitrogen and oxygen atoms in total. The Morgan fingerprint density at radius 3 is 2.61 bits per heavy atom. The van der Waals surface area contributed by atoms with Crippen molar-refractivity contribution in [2.24, 2.45) is 5.16 Å². The van der Waals surface area contributed by atoms with Crippen LogP contribution in [-0.2, 0) is 21.1 Å². The molecule has 1 aliphatic heterocycles. The summed E-state index contributed by atoms with van der Waals surface area (Å²) in [6.07, 6.45) is 0.249. The molecule has 0 radical (unpaired) electrons. The quantitative estimate of drug-likeness (QED) is 0.609. The maximum atomic E-state index is 13.5. The van der Waals surface area contributed by atoms with E-state index in [1.165, 1.54) is 11.4 Å². The summed E-state index contributed by atoms with van der Waals surface area (Å²) in [5.41, 5.74) is -0.404. The highest BCUT2D eigenvalue weighted by Gasteiger charge is 2.28. The van der Waals surface area contributed by atoms with Gasteiger partial charge in [0.2, 0.25) is 0 Å². The van der Waals surface area contributed by atoms with Crippen LogP contribution in [0.1, 0.15) is 15.9 Å². The molecule has 3 rings (SSSR count). The van der Waals surface area contributed by atoms with Gasteiger partial charge in [0.25, 0.3) is 0 Å². The number of hydrogen-bond acceptors (Lipinski definition) is 6. The molecule has 0 unspecified atom stereocenters. The highest BCUT2D eigenvalue weighted by molar-refractivity contribution is 7.93. The van der Waals surface area contributed by atoms with Gasteiger partial charge in [0.05, 0.1) is 5.75 Å². The molecule has 0 saturated heterocycles. The van der Waals surface area contributed by atoms with Crippen LogP contribution in [0, 0.1) is 11.6 Å². The molecule has 9 heteroatoms. The fourth-order valence-corrected chi connectivity index (χ4v) is 5.08. The van der Waals surface area contributed by atoms with Gasteiger partial charge in [-0.25, -0.2) is 22.0 Å². The molecule has 0 saturated carbocycles. The highest BCUT2D eigenvalue weighted by atomic mass is 32.2. The van der Waals surface area contributed by atoms with Crippen molar-refractivity contribution in [2.45, 2.75) is 10.6 Å². The van der Waals surface area contributed by atoms with Gasteiger partial charge < -0.3 is 4.84 Å². The van der Waals surface area contributed by atoms with Crippen LogP contribution in [-0.4, -0.2) is 20.1 Å². The van der Waals surface area contributed by atoms with Gasteiger partial charge in [0.15, 0.2) is 9.84 Å². The van der Waals surface area contributed by atoms with Crippen LogP contribution in [0.5, 0.6) is 0 Å². The number of carbonyl (C=O) groups excluding carboxylic acids is 1. The van der Waals surface area contributed by atoms with Gasteiger partial charge in [-0.3, -0.25) is 0 Å². The fourth-order valence-electron chi connectivity index (χ4n) is 2.17. The third-order valence-electron chi connectivity index (χ3n) is 3.25. The van der Waals surface area contributed by atoms with Gasteiger partial charge in [-0.1, -0.05) is 11.2 Å². The minimum absolute atomic E-state index is 0.0404. The van der Waals surface area contributed by atoms with Crippen molar-refractivity contribution >= 4 is 27.1 Å². The SMILES string of the molecule is O=C(O/N=c1\ccsc2c1CCS2(=O)=O)c1c(F)cccc1F. The zero-order chi connectivity index (χ0) is 16.6. The van der Waals surface area contributed by atoms with E-state index in [-0.39, 0.29) is 21.7 Å². The molecule has 120 valence electrons. The molecule has 2 aromatic rings. The van der Waals surface area contributed by atoms with E-state index >= 15 is 0 Å². The lowest BCUT2D eigenvalue weighted by Crippen LogP contribution is -2.13. The van der Waals surface area contributed by atoms with E-state index < -0.39 is 33.0 Å². The van der Waals surface area contributed by atoms with Crippen LogP contribution in [0.3, 0.4) is 0 Å². The third kappa shape index (κ3) is 2.89.